The van der Waals surface area contributed by atoms with Crippen molar-refractivity contribution in [3.8, 4) is 5.75 Å². The van der Waals surface area contributed by atoms with E-state index in [4.69, 9.17) is 9.84 Å². The number of carbonyl (C=O) groups is 1. The molecule has 0 aliphatic heterocycles. The van der Waals surface area contributed by atoms with E-state index in [9.17, 15) is 4.79 Å². The predicted octanol–water partition coefficient (Wildman–Crippen LogP) is 2.79. The minimum Gasteiger partial charge on any atom is -0.493 e. The van der Waals surface area contributed by atoms with Gasteiger partial charge in [0.15, 0.2) is 0 Å². The fourth-order valence-corrected chi connectivity index (χ4v) is 1.76. The second kappa shape index (κ2) is 5.75. The Morgan fingerprint density at radius 3 is 2.87 bits per heavy atom. The summed E-state index contributed by atoms with van der Waals surface area (Å²) in [5.41, 5.74) is 0.852. The highest BCUT2D eigenvalue weighted by atomic mass is 127. The number of rotatable bonds is 4. The minimum atomic E-state index is -0.945. The first-order chi connectivity index (χ1) is 7.13. The summed E-state index contributed by atoms with van der Waals surface area (Å²) in [6.07, 6.45) is 2.67. The van der Waals surface area contributed by atoms with E-state index in [2.05, 4.69) is 22.6 Å². The van der Waals surface area contributed by atoms with E-state index in [0.717, 1.165) is 21.0 Å². The summed E-state index contributed by atoms with van der Waals surface area (Å²) in [5.74, 6) is -0.121. The molecule has 1 rings (SSSR count). The van der Waals surface area contributed by atoms with Crippen molar-refractivity contribution in [2.75, 3.05) is 6.61 Å². The smallest absolute Gasteiger partial charge is 0.328 e. The summed E-state index contributed by atoms with van der Waals surface area (Å²) in [4.78, 5) is 10.3. The third-order valence-corrected chi connectivity index (χ3v) is 2.52. The summed E-state index contributed by atoms with van der Waals surface area (Å²) in [6, 6.07) is 5.55. The second-order valence-electron chi connectivity index (χ2n) is 2.79. The molecular formula is C11H11IO3. The van der Waals surface area contributed by atoms with Crippen LogP contribution in [-0.4, -0.2) is 17.7 Å². The van der Waals surface area contributed by atoms with Crippen LogP contribution >= 0.6 is 22.6 Å². The largest absolute Gasteiger partial charge is 0.493 e. The van der Waals surface area contributed by atoms with Crippen LogP contribution in [0.3, 0.4) is 0 Å². The number of halogens is 1. The molecule has 0 radical (unpaired) electrons. The first kappa shape index (κ1) is 12.0. The number of ether oxygens (including phenoxy) is 1. The van der Waals surface area contributed by atoms with Crippen molar-refractivity contribution in [3.63, 3.8) is 0 Å². The van der Waals surface area contributed by atoms with E-state index in [1.54, 1.807) is 6.08 Å². The van der Waals surface area contributed by atoms with Gasteiger partial charge >= 0.3 is 5.97 Å². The molecule has 0 aliphatic carbocycles. The minimum absolute atomic E-state index is 0.625. The number of hydrogen-bond acceptors (Lipinski definition) is 2. The van der Waals surface area contributed by atoms with Crippen molar-refractivity contribution in [2.24, 2.45) is 0 Å². The zero-order valence-electron chi connectivity index (χ0n) is 8.24. The summed E-state index contributed by atoms with van der Waals surface area (Å²) in [7, 11) is 0. The molecule has 0 fully saturated rings. The standard InChI is InChI=1S/C11H11IO3/c1-2-15-10-5-3-8(7-9(10)12)4-6-11(13)14/h3-7H,2H2,1H3,(H,13,14)/b6-4+. The number of aliphatic carboxylic acids is 1. The highest BCUT2D eigenvalue weighted by Gasteiger charge is 2.00. The van der Waals surface area contributed by atoms with Gasteiger partial charge in [0.25, 0.3) is 0 Å². The highest BCUT2D eigenvalue weighted by molar-refractivity contribution is 14.1. The SMILES string of the molecule is CCOc1ccc(/C=C/C(=O)O)cc1I. The van der Waals surface area contributed by atoms with Crippen LogP contribution in [0.25, 0.3) is 6.08 Å². The molecule has 0 amide bonds. The van der Waals surface area contributed by atoms with Gasteiger partial charge in [0.05, 0.1) is 10.2 Å². The van der Waals surface area contributed by atoms with Crippen LogP contribution < -0.4 is 4.74 Å². The van der Waals surface area contributed by atoms with Gasteiger partial charge in [-0.25, -0.2) is 4.79 Å². The van der Waals surface area contributed by atoms with Crippen molar-refractivity contribution < 1.29 is 14.6 Å². The molecule has 0 unspecified atom stereocenters. The van der Waals surface area contributed by atoms with E-state index in [-0.39, 0.29) is 0 Å². The van der Waals surface area contributed by atoms with Crippen LogP contribution in [0.2, 0.25) is 0 Å². The molecule has 0 heterocycles. The molecule has 0 spiro atoms. The quantitative estimate of drug-likeness (QED) is 0.686. The Morgan fingerprint density at radius 2 is 2.33 bits per heavy atom. The lowest BCUT2D eigenvalue weighted by Gasteiger charge is -2.05. The number of hydrogen-bond donors (Lipinski definition) is 1. The van der Waals surface area contributed by atoms with Gasteiger partial charge < -0.3 is 9.84 Å². The number of benzene rings is 1. The Morgan fingerprint density at radius 1 is 1.60 bits per heavy atom. The zero-order valence-corrected chi connectivity index (χ0v) is 10.4. The molecule has 0 aliphatic rings. The molecule has 0 saturated carbocycles. The number of carboxylic acids is 1. The molecule has 4 heteroatoms. The lowest BCUT2D eigenvalue weighted by atomic mass is 10.2. The van der Waals surface area contributed by atoms with Crippen molar-refractivity contribution in [1.29, 1.82) is 0 Å². The number of carboxylic acid groups (broad SMARTS) is 1. The average Bonchev–Trinajstić information content (AvgIpc) is 2.19. The van der Waals surface area contributed by atoms with Crippen molar-refractivity contribution in [1.82, 2.24) is 0 Å². The molecular weight excluding hydrogens is 307 g/mol. The first-order valence-electron chi connectivity index (χ1n) is 4.47. The summed E-state index contributed by atoms with van der Waals surface area (Å²) in [5, 5.41) is 8.47. The lowest BCUT2D eigenvalue weighted by molar-refractivity contribution is -0.131. The summed E-state index contributed by atoms with van der Waals surface area (Å²) >= 11 is 2.16. The van der Waals surface area contributed by atoms with Crippen LogP contribution in [0, 0.1) is 3.57 Å². The third-order valence-electron chi connectivity index (χ3n) is 1.67. The molecule has 1 aromatic carbocycles. The molecule has 80 valence electrons. The Bertz CT molecular complexity index is 385. The van der Waals surface area contributed by atoms with E-state index < -0.39 is 5.97 Å². The van der Waals surface area contributed by atoms with Gasteiger partial charge in [-0.05, 0) is 53.3 Å². The summed E-state index contributed by atoms with van der Waals surface area (Å²) < 4.78 is 6.34. The molecule has 0 aromatic heterocycles. The molecule has 1 N–H and O–H groups in total. The molecule has 15 heavy (non-hydrogen) atoms. The Hall–Kier alpha value is -1.04. The monoisotopic (exact) mass is 318 g/mol. The molecule has 0 bridgehead atoms. The van der Waals surface area contributed by atoms with Gasteiger partial charge in [-0.15, -0.1) is 0 Å². The Labute approximate surface area is 102 Å². The van der Waals surface area contributed by atoms with Gasteiger partial charge in [0.2, 0.25) is 0 Å². The van der Waals surface area contributed by atoms with E-state index >= 15 is 0 Å². The van der Waals surface area contributed by atoms with Gasteiger partial charge in [0.1, 0.15) is 5.75 Å². The van der Waals surface area contributed by atoms with Crippen LogP contribution in [0.15, 0.2) is 24.3 Å². The van der Waals surface area contributed by atoms with Gasteiger partial charge in [-0.3, -0.25) is 0 Å². The maximum absolute atomic E-state index is 10.3. The topological polar surface area (TPSA) is 46.5 Å². The highest BCUT2D eigenvalue weighted by Crippen LogP contribution is 2.22. The van der Waals surface area contributed by atoms with Gasteiger partial charge in [0, 0.05) is 6.08 Å². The van der Waals surface area contributed by atoms with Crippen LogP contribution in [-0.2, 0) is 4.79 Å². The predicted molar refractivity (Wildman–Crippen MR) is 67.0 cm³/mol. The average molecular weight is 318 g/mol. The maximum atomic E-state index is 10.3. The Kier molecular flexibility index (Phi) is 4.61. The third kappa shape index (κ3) is 3.91. The van der Waals surface area contributed by atoms with E-state index in [1.807, 2.05) is 25.1 Å². The summed E-state index contributed by atoms with van der Waals surface area (Å²) in [6.45, 7) is 2.55. The van der Waals surface area contributed by atoms with Crippen LogP contribution in [0.4, 0.5) is 0 Å². The van der Waals surface area contributed by atoms with Crippen LogP contribution in [0.1, 0.15) is 12.5 Å². The van der Waals surface area contributed by atoms with Gasteiger partial charge in [-0.2, -0.15) is 0 Å². The molecule has 0 atom stereocenters. The van der Waals surface area contributed by atoms with E-state index in [1.165, 1.54) is 0 Å². The molecule has 1 aromatic rings. The fraction of sp³-hybridized carbons (Fsp3) is 0.182. The van der Waals surface area contributed by atoms with Crippen molar-refractivity contribution in [2.45, 2.75) is 6.92 Å². The van der Waals surface area contributed by atoms with Crippen molar-refractivity contribution in [3.05, 3.63) is 33.4 Å². The molecule has 3 nitrogen and oxygen atoms in total. The maximum Gasteiger partial charge on any atom is 0.328 e. The Balaban J connectivity index is 2.86. The first-order valence-corrected chi connectivity index (χ1v) is 5.54. The van der Waals surface area contributed by atoms with E-state index in [0.29, 0.717) is 6.61 Å². The van der Waals surface area contributed by atoms with Crippen LogP contribution in [0.5, 0.6) is 5.75 Å². The fourth-order valence-electron chi connectivity index (χ4n) is 1.06. The molecule has 0 saturated heterocycles. The lowest BCUT2D eigenvalue weighted by Crippen LogP contribution is -1.94. The normalized spacial score (nSPS) is 10.5. The van der Waals surface area contributed by atoms with Gasteiger partial charge in [-0.1, -0.05) is 6.07 Å². The van der Waals surface area contributed by atoms with Crippen molar-refractivity contribution >= 4 is 34.6 Å². The zero-order chi connectivity index (χ0) is 11.3. The second-order valence-corrected chi connectivity index (χ2v) is 3.96.